The van der Waals surface area contributed by atoms with Crippen molar-refractivity contribution in [3.63, 3.8) is 0 Å². The number of nitrogens with one attached hydrogen (secondary N) is 1. The summed E-state index contributed by atoms with van der Waals surface area (Å²) in [5.74, 6) is -2.91. The molecule has 1 unspecified atom stereocenters. The van der Waals surface area contributed by atoms with Crippen LogP contribution in [-0.2, 0) is 9.59 Å². The monoisotopic (exact) mass is 455 g/mol. The molecule has 3 atom stereocenters. The van der Waals surface area contributed by atoms with Gasteiger partial charge in [-0.1, -0.05) is 57.9 Å². The fraction of sp³-hybridized carbons (Fsp3) is 0.300. The molecule has 0 aromatic heterocycles. The van der Waals surface area contributed by atoms with E-state index in [1.165, 1.54) is 6.07 Å². The summed E-state index contributed by atoms with van der Waals surface area (Å²) >= 11 is 9.21. The highest BCUT2D eigenvalue weighted by Crippen LogP contribution is 2.37. The van der Waals surface area contributed by atoms with Crippen LogP contribution in [0.15, 0.2) is 42.5 Å². The van der Waals surface area contributed by atoms with E-state index in [1.807, 2.05) is 0 Å². The zero-order valence-corrected chi connectivity index (χ0v) is 16.6. The van der Waals surface area contributed by atoms with Crippen molar-refractivity contribution in [3.05, 3.63) is 53.3 Å². The van der Waals surface area contributed by atoms with E-state index in [1.54, 1.807) is 36.4 Å². The number of carbonyl (C=O) groups excluding carboxylic acids is 2. The number of carbonyl (C=O) groups is 2. The third-order valence-electron chi connectivity index (χ3n) is 4.81. The first-order chi connectivity index (χ1) is 12.9. The van der Waals surface area contributed by atoms with Crippen LogP contribution in [0.3, 0.4) is 0 Å². The van der Waals surface area contributed by atoms with Crippen LogP contribution >= 0.6 is 27.5 Å². The van der Waals surface area contributed by atoms with Crippen molar-refractivity contribution in [2.24, 2.45) is 11.8 Å². The predicted octanol–water partition coefficient (Wildman–Crippen LogP) is 5.41. The maximum Gasteiger partial charge on any atom is 0.228 e. The Morgan fingerprint density at radius 1 is 1.07 bits per heavy atom. The number of halogens is 4. The van der Waals surface area contributed by atoms with Crippen LogP contribution in [-0.4, -0.2) is 23.2 Å². The van der Waals surface area contributed by atoms with E-state index in [4.69, 9.17) is 11.6 Å². The molecule has 3 rings (SSSR count). The van der Waals surface area contributed by atoms with E-state index in [2.05, 4.69) is 21.2 Å². The summed E-state index contributed by atoms with van der Waals surface area (Å²) in [7, 11) is 0. The Balaban J connectivity index is 1.86. The lowest BCUT2D eigenvalue weighted by atomic mass is 9.91. The van der Waals surface area contributed by atoms with Gasteiger partial charge >= 0.3 is 0 Å². The lowest BCUT2D eigenvalue weighted by Crippen LogP contribution is -2.31. The number of hydrogen-bond donors (Lipinski definition) is 1. The van der Waals surface area contributed by atoms with Crippen LogP contribution in [0.1, 0.15) is 12.8 Å². The molecular weight excluding hydrogens is 440 g/mol. The van der Waals surface area contributed by atoms with Gasteiger partial charge in [0, 0.05) is 22.1 Å². The summed E-state index contributed by atoms with van der Waals surface area (Å²) in [6, 6.07) is 11.4. The minimum atomic E-state index is -1.21. The second-order valence-electron chi connectivity index (χ2n) is 6.52. The second-order valence-corrected chi connectivity index (χ2v) is 7.49. The number of benzene rings is 2. The van der Waals surface area contributed by atoms with Crippen LogP contribution in [0.2, 0.25) is 5.02 Å². The molecule has 7 heteroatoms. The molecule has 0 spiro atoms. The Morgan fingerprint density at radius 2 is 1.74 bits per heavy atom. The molecule has 1 fully saturated rings. The molecule has 2 aromatic rings. The van der Waals surface area contributed by atoms with Crippen LogP contribution in [0, 0.1) is 17.7 Å². The van der Waals surface area contributed by atoms with Gasteiger partial charge in [0.25, 0.3) is 0 Å². The molecule has 2 aromatic carbocycles. The summed E-state index contributed by atoms with van der Waals surface area (Å²) in [6.45, 7) is 0. The van der Waals surface area contributed by atoms with Crippen molar-refractivity contribution in [1.82, 2.24) is 0 Å². The second kappa shape index (κ2) is 8.48. The zero-order chi connectivity index (χ0) is 19.6. The number of hydrogen-bond acceptors (Lipinski definition) is 2. The molecule has 0 saturated heterocycles. The quantitative estimate of drug-likeness (QED) is 0.611. The van der Waals surface area contributed by atoms with E-state index >= 15 is 0 Å². The van der Waals surface area contributed by atoms with Crippen molar-refractivity contribution in [1.29, 1.82) is 0 Å². The van der Waals surface area contributed by atoms with Gasteiger partial charge in [0.1, 0.15) is 12.0 Å². The molecule has 3 nitrogen and oxygen atoms in total. The minimum Gasteiger partial charge on any atom is -0.323 e. The van der Waals surface area contributed by atoms with Gasteiger partial charge in [-0.25, -0.2) is 8.78 Å². The fourth-order valence-electron chi connectivity index (χ4n) is 3.46. The maximum atomic E-state index is 15.0. The highest BCUT2D eigenvalue weighted by molar-refractivity contribution is 9.09. The summed E-state index contributed by atoms with van der Waals surface area (Å²) in [5, 5.41) is 2.97. The zero-order valence-electron chi connectivity index (χ0n) is 14.2. The predicted molar refractivity (Wildman–Crippen MR) is 105 cm³/mol. The smallest absolute Gasteiger partial charge is 0.228 e. The Bertz CT molecular complexity index is 877. The summed E-state index contributed by atoms with van der Waals surface area (Å²) in [5.41, 5.74) is 0.732. The van der Waals surface area contributed by atoms with Gasteiger partial charge in [-0.05, 0) is 25.0 Å². The van der Waals surface area contributed by atoms with Crippen molar-refractivity contribution in [2.75, 3.05) is 10.6 Å². The molecule has 142 valence electrons. The molecule has 1 aliphatic carbocycles. The molecule has 1 N–H and O–H groups in total. The molecule has 27 heavy (non-hydrogen) atoms. The highest BCUT2D eigenvalue weighted by Gasteiger charge is 2.42. The van der Waals surface area contributed by atoms with Crippen LogP contribution in [0.25, 0.3) is 11.1 Å². The van der Waals surface area contributed by atoms with Crippen LogP contribution < -0.4 is 5.32 Å². The molecule has 1 aliphatic rings. The lowest BCUT2D eigenvalue weighted by Gasteiger charge is -2.18. The number of anilines is 1. The first-order valence-electron chi connectivity index (χ1n) is 8.49. The molecule has 0 heterocycles. The van der Waals surface area contributed by atoms with Gasteiger partial charge in [-0.3, -0.25) is 9.59 Å². The largest absolute Gasteiger partial charge is 0.323 e. The fourth-order valence-corrected chi connectivity index (χ4v) is 4.12. The highest BCUT2D eigenvalue weighted by atomic mass is 79.9. The van der Waals surface area contributed by atoms with E-state index in [0.29, 0.717) is 10.6 Å². The standard InChI is InChI=1S/C20H17BrClF2NO2/c21-10-18(26)14-8-11(23)9-15(14)20(27)25-17-7-3-5-13(19(17)24)12-4-1-2-6-16(12)22/h1-7,11,14-15H,8-10H2,(H,25,27)/t11-,14+,15?/m0/s1. The molecular formula is C20H17BrClF2NO2. The molecule has 1 saturated carbocycles. The van der Waals surface area contributed by atoms with E-state index in [-0.39, 0.29) is 35.2 Å². The number of ketones is 1. The summed E-state index contributed by atoms with van der Waals surface area (Å²) < 4.78 is 28.8. The molecule has 0 aliphatic heterocycles. The van der Waals surface area contributed by atoms with Crippen molar-refractivity contribution in [2.45, 2.75) is 19.0 Å². The Kier molecular flexibility index (Phi) is 6.27. The van der Waals surface area contributed by atoms with Gasteiger partial charge in [-0.15, -0.1) is 0 Å². The van der Waals surface area contributed by atoms with Crippen molar-refractivity contribution in [3.8, 4) is 11.1 Å². The van der Waals surface area contributed by atoms with Crippen molar-refractivity contribution >= 4 is 44.9 Å². The average molecular weight is 457 g/mol. The molecule has 1 amide bonds. The molecule has 0 bridgehead atoms. The number of Topliss-reactive ketones (excluding diaryl/α,β-unsaturated/α-hetero) is 1. The number of rotatable bonds is 5. The minimum absolute atomic E-state index is 0.0185. The number of amides is 1. The van der Waals surface area contributed by atoms with Gasteiger partial charge in [-0.2, -0.15) is 0 Å². The van der Waals surface area contributed by atoms with Gasteiger partial charge < -0.3 is 5.32 Å². The van der Waals surface area contributed by atoms with Gasteiger partial charge in [0.05, 0.1) is 16.9 Å². The number of alkyl halides is 2. The third kappa shape index (κ3) is 4.22. The van der Waals surface area contributed by atoms with Gasteiger partial charge in [0.15, 0.2) is 5.82 Å². The molecule has 0 radical (unpaired) electrons. The Hall–Kier alpha value is -1.79. The van der Waals surface area contributed by atoms with Crippen LogP contribution in [0.5, 0.6) is 0 Å². The third-order valence-corrected chi connectivity index (χ3v) is 5.69. The van der Waals surface area contributed by atoms with E-state index in [0.717, 1.165) is 0 Å². The SMILES string of the molecule is O=C(Nc1cccc(-c2ccccc2Cl)c1F)C1C[C@@H](F)C[C@H]1C(=O)CBr. The lowest BCUT2D eigenvalue weighted by molar-refractivity contribution is -0.128. The summed E-state index contributed by atoms with van der Waals surface area (Å²) in [4.78, 5) is 24.6. The maximum absolute atomic E-state index is 15.0. The van der Waals surface area contributed by atoms with Crippen molar-refractivity contribution < 1.29 is 18.4 Å². The van der Waals surface area contributed by atoms with E-state index in [9.17, 15) is 18.4 Å². The Labute approximate surface area is 169 Å². The topological polar surface area (TPSA) is 46.2 Å². The normalized spacial score (nSPS) is 21.9. The Morgan fingerprint density at radius 3 is 2.44 bits per heavy atom. The first-order valence-corrected chi connectivity index (χ1v) is 9.99. The average Bonchev–Trinajstić information content (AvgIpc) is 3.05. The van der Waals surface area contributed by atoms with E-state index < -0.39 is 29.7 Å². The van der Waals surface area contributed by atoms with Crippen LogP contribution in [0.4, 0.5) is 14.5 Å². The van der Waals surface area contributed by atoms with Gasteiger partial charge in [0.2, 0.25) is 5.91 Å². The summed E-state index contributed by atoms with van der Waals surface area (Å²) in [6.07, 6.45) is -1.24. The first kappa shape index (κ1) is 20.0.